The molecule has 0 N–H and O–H groups in total. The van der Waals surface area contributed by atoms with Gasteiger partial charge in [0, 0.05) is 32.7 Å². The predicted octanol–water partition coefficient (Wildman–Crippen LogP) is 3.98. The molecule has 4 rings (SSSR count). The lowest BCUT2D eigenvalue weighted by Crippen LogP contribution is -2.29. The molecular weight excluding hydrogens is 328 g/mol. The number of rotatable bonds is 3. The van der Waals surface area contributed by atoms with Crippen molar-refractivity contribution in [2.75, 3.05) is 39.8 Å². The molecule has 2 aromatic carbocycles. The first kappa shape index (κ1) is 18.7. The van der Waals surface area contributed by atoms with Crippen LogP contribution in [0.4, 0.5) is 0 Å². The second-order valence-electron chi connectivity index (χ2n) is 8.71. The number of aryl methyl sites for hydroxylation is 2. The van der Waals surface area contributed by atoms with E-state index in [1.54, 1.807) is 27.8 Å². The van der Waals surface area contributed by atoms with Gasteiger partial charge in [0.1, 0.15) is 0 Å². The Balaban J connectivity index is 1.41. The summed E-state index contributed by atoms with van der Waals surface area (Å²) in [5, 5.41) is 0. The van der Waals surface area contributed by atoms with E-state index in [-0.39, 0.29) is 0 Å². The van der Waals surface area contributed by atoms with Crippen molar-refractivity contribution in [3.05, 3.63) is 69.3 Å². The molecule has 0 unspecified atom stereocenters. The molecule has 0 fully saturated rings. The zero-order chi connectivity index (χ0) is 18.8. The van der Waals surface area contributed by atoms with Crippen molar-refractivity contribution in [2.45, 2.75) is 46.0 Å². The summed E-state index contributed by atoms with van der Waals surface area (Å²) in [6.45, 7) is 10.5. The first-order chi connectivity index (χ1) is 13.1. The van der Waals surface area contributed by atoms with Crippen LogP contribution in [0.1, 0.15) is 38.9 Å². The Kier molecular flexibility index (Phi) is 5.66. The van der Waals surface area contributed by atoms with Gasteiger partial charge in [0.25, 0.3) is 0 Å². The fraction of sp³-hybridized carbons (Fsp3) is 0.520. The summed E-state index contributed by atoms with van der Waals surface area (Å²) in [6.07, 6.45) is 6.00. The fourth-order valence-electron chi connectivity index (χ4n) is 4.74. The summed E-state index contributed by atoms with van der Waals surface area (Å²) >= 11 is 0. The highest BCUT2D eigenvalue weighted by atomic mass is 15.1. The second-order valence-corrected chi connectivity index (χ2v) is 8.71. The van der Waals surface area contributed by atoms with Crippen molar-refractivity contribution in [3.8, 4) is 0 Å². The second kappa shape index (κ2) is 8.16. The molecule has 0 bridgehead atoms. The van der Waals surface area contributed by atoms with Crippen molar-refractivity contribution in [3.63, 3.8) is 0 Å². The summed E-state index contributed by atoms with van der Waals surface area (Å²) in [5.74, 6) is 0. The minimum absolute atomic E-state index is 1.18. The van der Waals surface area contributed by atoms with Gasteiger partial charge in [-0.3, -0.25) is 0 Å². The Bertz CT molecular complexity index is 808. The van der Waals surface area contributed by atoms with Crippen molar-refractivity contribution < 1.29 is 0 Å². The molecule has 2 heteroatoms. The summed E-state index contributed by atoms with van der Waals surface area (Å²) in [7, 11) is 2.25. The van der Waals surface area contributed by atoms with Gasteiger partial charge >= 0.3 is 0 Å². The quantitative estimate of drug-likeness (QED) is 0.815. The standard InChI is InChI=1S/C25H34N2/c1-19-4-5-21-8-13-27(15-10-23(21)16-19)14-9-22-18-25-7-12-26(3)11-6-24(25)17-20(22)2/h4-5,16-18H,6-15H2,1-3H3. The molecule has 27 heavy (non-hydrogen) atoms. The van der Waals surface area contributed by atoms with Gasteiger partial charge in [-0.25, -0.2) is 0 Å². The van der Waals surface area contributed by atoms with Crippen molar-refractivity contribution >= 4 is 0 Å². The third-order valence-electron chi connectivity index (χ3n) is 6.64. The molecule has 2 aliphatic heterocycles. The van der Waals surface area contributed by atoms with Crippen LogP contribution in [0.2, 0.25) is 0 Å². The smallest absolute Gasteiger partial charge is 0.00222 e. The van der Waals surface area contributed by atoms with Gasteiger partial charge in [0.15, 0.2) is 0 Å². The van der Waals surface area contributed by atoms with E-state index in [9.17, 15) is 0 Å². The Morgan fingerprint density at radius 2 is 1.37 bits per heavy atom. The maximum absolute atomic E-state index is 2.67. The van der Waals surface area contributed by atoms with Crippen LogP contribution in [0.15, 0.2) is 30.3 Å². The molecule has 2 heterocycles. The Morgan fingerprint density at radius 1 is 0.741 bits per heavy atom. The molecule has 0 spiro atoms. The first-order valence-corrected chi connectivity index (χ1v) is 10.7. The maximum Gasteiger partial charge on any atom is 0.00222 e. The van der Waals surface area contributed by atoms with Crippen LogP contribution < -0.4 is 0 Å². The van der Waals surface area contributed by atoms with E-state index in [0.29, 0.717) is 0 Å². The fourth-order valence-corrected chi connectivity index (χ4v) is 4.74. The van der Waals surface area contributed by atoms with Crippen molar-refractivity contribution in [1.82, 2.24) is 9.80 Å². The Labute approximate surface area is 165 Å². The number of nitrogens with zero attached hydrogens (tertiary/aromatic N) is 2. The zero-order valence-corrected chi connectivity index (χ0v) is 17.4. The normalized spacial score (nSPS) is 18.5. The first-order valence-electron chi connectivity index (χ1n) is 10.7. The summed E-state index contributed by atoms with van der Waals surface area (Å²) in [4.78, 5) is 5.14. The monoisotopic (exact) mass is 362 g/mol. The highest BCUT2D eigenvalue weighted by molar-refractivity contribution is 5.39. The predicted molar refractivity (Wildman–Crippen MR) is 115 cm³/mol. The lowest BCUT2D eigenvalue weighted by atomic mass is 9.94. The van der Waals surface area contributed by atoms with Crippen LogP contribution in [0.3, 0.4) is 0 Å². The molecule has 2 aromatic rings. The van der Waals surface area contributed by atoms with Crippen molar-refractivity contribution in [1.29, 1.82) is 0 Å². The van der Waals surface area contributed by atoms with Crippen molar-refractivity contribution in [2.24, 2.45) is 0 Å². The number of fused-ring (bicyclic) bond motifs is 2. The summed E-state index contributed by atoms with van der Waals surface area (Å²) < 4.78 is 0. The average Bonchev–Trinajstić information content (AvgIpc) is 2.96. The molecular formula is C25H34N2. The maximum atomic E-state index is 2.67. The van der Waals surface area contributed by atoms with Gasteiger partial charge in [-0.15, -0.1) is 0 Å². The minimum Gasteiger partial charge on any atom is -0.306 e. The van der Waals surface area contributed by atoms with E-state index in [4.69, 9.17) is 0 Å². The SMILES string of the molecule is Cc1ccc2c(c1)CCN(CCc1cc3c(cc1C)CCN(C)CC3)CC2. The molecule has 0 amide bonds. The van der Waals surface area contributed by atoms with Crippen LogP contribution in [0.5, 0.6) is 0 Å². The highest BCUT2D eigenvalue weighted by Crippen LogP contribution is 2.22. The van der Waals surface area contributed by atoms with E-state index >= 15 is 0 Å². The van der Waals surface area contributed by atoms with Crippen LogP contribution in [0.25, 0.3) is 0 Å². The number of likely N-dealkylation sites (N-methyl/N-ethyl adjacent to an activating group) is 1. The van der Waals surface area contributed by atoms with Gasteiger partial charge in [-0.1, -0.05) is 35.9 Å². The van der Waals surface area contributed by atoms with E-state index in [2.05, 4.69) is 61.0 Å². The third kappa shape index (κ3) is 4.44. The molecule has 2 nitrogen and oxygen atoms in total. The molecule has 0 radical (unpaired) electrons. The van der Waals surface area contributed by atoms with Gasteiger partial charge < -0.3 is 9.80 Å². The highest BCUT2D eigenvalue weighted by Gasteiger charge is 2.16. The summed E-state index contributed by atoms with van der Waals surface area (Å²) in [6, 6.07) is 12.0. The van der Waals surface area contributed by atoms with Gasteiger partial charge in [0.05, 0.1) is 0 Å². The van der Waals surface area contributed by atoms with E-state index in [1.807, 2.05) is 0 Å². The lowest BCUT2D eigenvalue weighted by molar-refractivity contribution is 0.291. The van der Waals surface area contributed by atoms with E-state index in [1.165, 1.54) is 76.0 Å². The van der Waals surface area contributed by atoms with Gasteiger partial charge in [-0.2, -0.15) is 0 Å². The average molecular weight is 363 g/mol. The topological polar surface area (TPSA) is 6.48 Å². The van der Waals surface area contributed by atoms with Crippen LogP contribution in [-0.4, -0.2) is 49.6 Å². The molecule has 0 aromatic heterocycles. The number of hydrogen-bond donors (Lipinski definition) is 0. The summed E-state index contributed by atoms with van der Waals surface area (Å²) in [5.41, 5.74) is 10.8. The molecule has 0 saturated carbocycles. The molecule has 144 valence electrons. The largest absolute Gasteiger partial charge is 0.306 e. The lowest BCUT2D eigenvalue weighted by Gasteiger charge is -2.21. The van der Waals surface area contributed by atoms with E-state index < -0.39 is 0 Å². The van der Waals surface area contributed by atoms with Crippen LogP contribution in [-0.2, 0) is 32.1 Å². The Hall–Kier alpha value is -1.64. The third-order valence-corrected chi connectivity index (χ3v) is 6.64. The van der Waals surface area contributed by atoms with Gasteiger partial charge in [-0.05, 0) is 86.4 Å². The minimum atomic E-state index is 1.18. The molecule has 0 aliphatic carbocycles. The molecule has 0 atom stereocenters. The van der Waals surface area contributed by atoms with E-state index in [0.717, 1.165) is 0 Å². The number of hydrogen-bond acceptors (Lipinski definition) is 2. The molecule has 0 saturated heterocycles. The molecule has 2 aliphatic rings. The Morgan fingerprint density at radius 3 is 2.15 bits per heavy atom. The van der Waals surface area contributed by atoms with Crippen LogP contribution >= 0.6 is 0 Å². The number of benzene rings is 2. The zero-order valence-electron chi connectivity index (χ0n) is 17.4. The van der Waals surface area contributed by atoms with Crippen LogP contribution in [0, 0.1) is 13.8 Å². The van der Waals surface area contributed by atoms with Gasteiger partial charge in [0.2, 0.25) is 0 Å².